The molecule has 0 bridgehead atoms. The molecule has 0 N–H and O–H groups in total. The van der Waals surface area contributed by atoms with E-state index in [1.165, 1.54) is 0 Å². The van der Waals surface area contributed by atoms with Crippen LogP contribution in [0.25, 0.3) is 10.9 Å². The van der Waals surface area contributed by atoms with Gasteiger partial charge in [0.1, 0.15) is 18.0 Å². The fourth-order valence-corrected chi connectivity index (χ4v) is 2.78. The van der Waals surface area contributed by atoms with Gasteiger partial charge in [-0.1, -0.05) is 5.16 Å². The molecular weight excluding hydrogens is 336 g/mol. The molecule has 26 heavy (non-hydrogen) atoms. The molecule has 0 aliphatic heterocycles. The van der Waals surface area contributed by atoms with Crippen LogP contribution in [-0.4, -0.2) is 53.4 Å². The summed E-state index contributed by atoms with van der Waals surface area (Å²) in [6.07, 6.45) is 0.572. The molecule has 3 aromatic rings. The van der Waals surface area contributed by atoms with E-state index in [0.717, 1.165) is 16.7 Å². The van der Waals surface area contributed by atoms with Crippen LogP contribution in [0.1, 0.15) is 22.2 Å². The topological polar surface area (TPSA) is 82.6 Å². The highest BCUT2D eigenvalue weighted by Gasteiger charge is 2.20. The average molecular weight is 358 g/mol. The summed E-state index contributed by atoms with van der Waals surface area (Å²) < 4.78 is 17.3. The third-order valence-electron chi connectivity index (χ3n) is 4.23. The highest BCUT2D eigenvalue weighted by molar-refractivity contribution is 5.98. The Morgan fingerprint density at radius 1 is 1.31 bits per heavy atom. The second kappa shape index (κ2) is 7.57. The number of nitrogens with zero attached hydrogens (tertiary/aromatic N) is 4. The van der Waals surface area contributed by atoms with Crippen LogP contribution in [0, 0.1) is 0 Å². The number of aryl methyl sites for hydroxylation is 1. The van der Waals surface area contributed by atoms with Gasteiger partial charge in [-0.15, -0.1) is 0 Å². The summed E-state index contributed by atoms with van der Waals surface area (Å²) in [5, 5.41) is 4.83. The SMILES string of the molecule is COCCc1noc(CN(C)C(=O)c2cc3cc(OC)ccc3n2C)n1. The molecule has 8 nitrogen and oxygen atoms in total. The van der Waals surface area contributed by atoms with E-state index in [1.54, 1.807) is 26.2 Å². The summed E-state index contributed by atoms with van der Waals surface area (Å²) in [6.45, 7) is 0.761. The summed E-state index contributed by atoms with van der Waals surface area (Å²) in [6, 6.07) is 7.58. The number of rotatable bonds is 7. The summed E-state index contributed by atoms with van der Waals surface area (Å²) in [5.74, 6) is 1.59. The average Bonchev–Trinajstić information content (AvgIpc) is 3.23. The van der Waals surface area contributed by atoms with E-state index < -0.39 is 0 Å². The predicted octanol–water partition coefficient (Wildman–Crippen LogP) is 2.03. The number of hydrogen-bond donors (Lipinski definition) is 0. The molecule has 2 aromatic heterocycles. The van der Waals surface area contributed by atoms with E-state index in [2.05, 4.69) is 10.1 Å². The molecule has 0 aliphatic rings. The molecule has 0 spiro atoms. The Morgan fingerprint density at radius 3 is 2.85 bits per heavy atom. The van der Waals surface area contributed by atoms with Gasteiger partial charge in [0.15, 0.2) is 5.82 Å². The maximum Gasteiger partial charge on any atom is 0.270 e. The Kier molecular flexibility index (Phi) is 5.22. The van der Waals surface area contributed by atoms with Gasteiger partial charge in [0, 0.05) is 38.5 Å². The fourth-order valence-electron chi connectivity index (χ4n) is 2.78. The van der Waals surface area contributed by atoms with E-state index in [1.807, 2.05) is 35.9 Å². The number of hydrogen-bond acceptors (Lipinski definition) is 6. The van der Waals surface area contributed by atoms with Gasteiger partial charge in [-0.2, -0.15) is 4.98 Å². The minimum atomic E-state index is -0.126. The van der Waals surface area contributed by atoms with Crippen molar-refractivity contribution < 1.29 is 18.8 Å². The van der Waals surface area contributed by atoms with Gasteiger partial charge in [-0.05, 0) is 24.3 Å². The van der Waals surface area contributed by atoms with Crippen LogP contribution in [0.5, 0.6) is 5.75 Å². The van der Waals surface area contributed by atoms with Gasteiger partial charge in [0.05, 0.1) is 13.7 Å². The van der Waals surface area contributed by atoms with Gasteiger partial charge in [0.2, 0.25) is 5.89 Å². The molecule has 0 saturated carbocycles. The summed E-state index contributed by atoms with van der Waals surface area (Å²) in [5.41, 5.74) is 1.54. The van der Waals surface area contributed by atoms with Crippen LogP contribution < -0.4 is 4.74 Å². The quantitative estimate of drug-likeness (QED) is 0.643. The zero-order valence-corrected chi connectivity index (χ0v) is 15.4. The number of carbonyl (C=O) groups excluding carboxylic acids is 1. The molecule has 0 aliphatic carbocycles. The summed E-state index contributed by atoms with van der Waals surface area (Å²) in [7, 11) is 6.81. The lowest BCUT2D eigenvalue weighted by Gasteiger charge is -2.15. The van der Waals surface area contributed by atoms with Gasteiger partial charge in [-0.25, -0.2) is 0 Å². The second-order valence-corrected chi connectivity index (χ2v) is 6.02. The first-order chi connectivity index (χ1) is 12.5. The molecule has 0 atom stereocenters. The Labute approximate surface area is 151 Å². The number of carbonyl (C=O) groups is 1. The first-order valence-electron chi connectivity index (χ1n) is 8.22. The third kappa shape index (κ3) is 3.55. The number of methoxy groups -OCH3 is 2. The van der Waals surface area contributed by atoms with Crippen molar-refractivity contribution in [3.05, 3.63) is 41.7 Å². The molecule has 138 valence electrons. The highest BCUT2D eigenvalue weighted by atomic mass is 16.5. The monoisotopic (exact) mass is 358 g/mol. The van der Waals surface area contributed by atoms with Crippen molar-refractivity contribution in [1.29, 1.82) is 0 Å². The molecule has 0 fully saturated rings. The predicted molar refractivity (Wildman–Crippen MR) is 95.1 cm³/mol. The van der Waals surface area contributed by atoms with Crippen molar-refractivity contribution in [2.45, 2.75) is 13.0 Å². The zero-order chi connectivity index (χ0) is 18.7. The van der Waals surface area contributed by atoms with E-state index >= 15 is 0 Å². The Bertz CT molecular complexity index is 915. The largest absolute Gasteiger partial charge is 0.497 e. The van der Waals surface area contributed by atoms with Gasteiger partial charge in [-0.3, -0.25) is 4.79 Å². The zero-order valence-electron chi connectivity index (χ0n) is 15.4. The molecular formula is C18H22N4O4. The lowest BCUT2D eigenvalue weighted by atomic mass is 10.2. The number of fused-ring (bicyclic) bond motifs is 1. The molecule has 0 saturated heterocycles. The maximum atomic E-state index is 12.8. The lowest BCUT2D eigenvalue weighted by molar-refractivity contribution is 0.0760. The minimum absolute atomic E-state index is 0.126. The standard InChI is InChI=1S/C18H22N4O4/c1-21(11-17-19-16(20-26-17)7-8-24-3)18(23)15-10-12-9-13(25-4)5-6-14(12)22(15)2/h5-6,9-10H,7-8,11H2,1-4H3. The third-order valence-corrected chi connectivity index (χ3v) is 4.23. The first-order valence-corrected chi connectivity index (χ1v) is 8.22. The van der Waals surface area contributed by atoms with Crippen molar-refractivity contribution in [2.24, 2.45) is 7.05 Å². The Balaban J connectivity index is 1.76. The maximum absolute atomic E-state index is 12.8. The van der Waals surface area contributed by atoms with Crippen molar-refractivity contribution in [3.8, 4) is 5.75 Å². The van der Waals surface area contributed by atoms with Crippen LogP contribution in [0.4, 0.5) is 0 Å². The van der Waals surface area contributed by atoms with E-state index in [9.17, 15) is 4.79 Å². The molecule has 2 heterocycles. The molecule has 1 amide bonds. The normalized spacial score (nSPS) is 11.1. The van der Waals surface area contributed by atoms with Crippen LogP contribution >= 0.6 is 0 Å². The fraction of sp³-hybridized carbons (Fsp3) is 0.389. The van der Waals surface area contributed by atoms with Crippen molar-refractivity contribution in [3.63, 3.8) is 0 Å². The van der Waals surface area contributed by atoms with E-state index in [-0.39, 0.29) is 12.5 Å². The second-order valence-electron chi connectivity index (χ2n) is 6.02. The number of benzene rings is 1. The van der Waals surface area contributed by atoms with Crippen molar-refractivity contribution in [1.82, 2.24) is 19.6 Å². The smallest absolute Gasteiger partial charge is 0.270 e. The van der Waals surface area contributed by atoms with Gasteiger partial charge in [0.25, 0.3) is 5.91 Å². The van der Waals surface area contributed by atoms with E-state index in [0.29, 0.717) is 30.4 Å². The van der Waals surface area contributed by atoms with Crippen LogP contribution in [0.2, 0.25) is 0 Å². The van der Waals surface area contributed by atoms with Crippen LogP contribution in [0.3, 0.4) is 0 Å². The Morgan fingerprint density at radius 2 is 2.12 bits per heavy atom. The summed E-state index contributed by atoms with van der Waals surface area (Å²) >= 11 is 0. The number of ether oxygens (including phenoxy) is 2. The molecule has 3 rings (SSSR count). The van der Waals surface area contributed by atoms with Crippen molar-refractivity contribution in [2.75, 3.05) is 27.9 Å². The highest BCUT2D eigenvalue weighted by Crippen LogP contribution is 2.24. The molecule has 1 aromatic carbocycles. The molecule has 8 heteroatoms. The van der Waals surface area contributed by atoms with E-state index in [4.69, 9.17) is 14.0 Å². The summed E-state index contributed by atoms with van der Waals surface area (Å²) in [4.78, 5) is 18.7. The molecule has 0 unspecified atom stereocenters. The van der Waals surface area contributed by atoms with Gasteiger partial charge >= 0.3 is 0 Å². The molecule has 0 radical (unpaired) electrons. The lowest BCUT2D eigenvalue weighted by Crippen LogP contribution is -2.28. The Hall–Kier alpha value is -2.87. The van der Waals surface area contributed by atoms with Gasteiger partial charge < -0.3 is 23.5 Å². The van der Waals surface area contributed by atoms with Crippen molar-refractivity contribution >= 4 is 16.8 Å². The first kappa shape index (κ1) is 17.9. The minimum Gasteiger partial charge on any atom is -0.497 e. The van der Waals surface area contributed by atoms with Crippen LogP contribution in [-0.2, 0) is 24.8 Å². The number of aromatic nitrogens is 3. The van der Waals surface area contributed by atoms with Crippen LogP contribution in [0.15, 0.2) is 28.8 Å². The number of amides is 1.